The van der Waals surface area contributed by atoms with E-state index in [1.54, 1.807) is 12.1 Å². The average molecular weight is 191 g/mol. The van der Waals surface area contributed by atoms with Crippen molar-refractivity contribution in [2.45, 2.75) is 0 Å². The first-order valence-electron chi connectivity index (χ1n) is 2.92. The second-order valence-electron chi connectivity index (χ2n) is 1.92. The van der Waals surface area contributed by atoms with Crippen LogP contribution in [0.25, 0.3) is 0 Å². The molecule has 0 saturated heterocycles. The molecule has 6 heteroatoms. The van der Waals surface area contributed by atoms with Crippen molar-refractivity contribution < 1.29 is 18.1 Å². The van der Waals surface area contributed by atoms with Crippen molar-refractivity contribution in [3.8, 4) is 5.88 Å². The summed E-state index contributed by atoms with van der Waals surface area (Å²) in [4.78, 5) is 3.53. The van der Waals surface area contributed by atoms with Crippen molar-refractivity contribution in [2.75, 3.05) is 6.26 Å². The maximum atomic E-state index is 9.19. The first-order valence-corrected chi connectivity index (χ1v) is 4.77. The van der Waals surface area contributed by atoms with Crippen LogP contribution in [0.4, 0.5) is 0 Å². The van der Waals surface area contributed by atoms with Crippen LogP contribution >= 0.6 is 0 Å². The number of rotatable bonds is 0. The van der Waals surface area contributed by atoms with Gasteiger partial charge in [0.15, 0.2) is 0 Å². The molecular weight excluding hydrogens is 182 g/mol. The van der Waals surface area contributed by atoms with Gasteiger partial charge in [0.25, 0.3) is 10.1 Å². The Morgan fingerprint density at radius 3 is 2.08 bits per heavy atom. The molecular formula is C6H9NO4S. The fraction of sp³-hybridized carbons (Fsp3) is 0.167. The minimum Gasteiger partial charge on any atom is -0.493 e. The number of aromatic hydroxyl groups is 1. The van der Waals surface area contributed by atoms with Gasteiger partial charge in [-0.1, -0.05) is 6.07 Å². The van der Waals surface area contributed by atoms with Crippen LogP contribution in [0.5, 0.6) is 5.88 Å². The minimum absolute atomic E-state index is 0.0718. The SMILES string of the molecule is CS(=O)(=O)O.Oc1ccccn1. The van der Waals surface area contributed by atoms with E-state index in [0.29, 0.717) is 6.26 Å². The number of nitrogens with zero attached hydrogens (tertiary/aromatic N) is 1. The molecule has 0 spiro atoms. The molecule has 1 heterocycles. The molecule has 1 aromatic rings. The molecule has 2 N–H and O–H groups in total. The second kappa shape index (κ2) is 4.68. The molecule has 5 nitrogen and oxygen atoms in total. The standard InChI is InChI=1S/C5H5NO.CH4O3S/c7-5-3-1-2-4-6-5;1-5(2,3)4/h1-4H,(H,6,7);1H3,(H,2,3,4). The lowest BCUT2D eigenvalue weighted by atomic mass is 10.5. The molecule has 0 atom stereocenters. The van der Waals surface area contributed by atoms with Crippen LogP contribution in [-0.4, -0.2) is 29.3 Å². The summed E-state index contributed by atoms with van der Waals surface area (Å²) in [6, 6.07) is 5.00. The Kier molecular flexibility index (Phi) is 4.24. The summed E-state index contributed by atoms with van der Waals surface area (Å²) in [5, 5.41) is 8.52. The third-order valence-corrected chi connectivity index (χ3v) is 0.649. The van der Waals surface area contributed by atoms with Crippen molar-refractivity contribution in [3.05, 3.63) is 24.4 Å². The average Bonchev–Trinajstić information content (AvgIpc) is 1.85. The highest BCUT2D eigenvalue weighted by atomic mass is 32.2. The van der Waals surface area contributed by atoms with Crippen molar-refractivity contribution >= 4 is 10.1 Å². The van der Waals surface area contributed by atoms with Crippen LogP contribution in [0.1, 0.15) is 0 Å². The van der Waals surface area contributed by atoms with E-state index in [1.807, 2.05) is 0 Å². The monoisotopic (exact) mass is 191 g/mol. The summed E-state index contributed by atoms with van der Waals surface area (Å²) < 4.78 is 25.9. The van der Waals surface area contributed by atoms with Gasteiger partial charge in [-0.15, -0.1) is 0 Å². The molecule has 0 saturated carbocycles. The van der Waals surface area contributed by atoms with Gasteiger partial charge >= 0.3 is 0 Å². The fourth-order valence-corrected chi connectivity index (χ4v) is 0.354. The van der Waals surface area contributed by atoms with Crippen molar-refractivity contribution in [1.29, 1.82) is 0 Å². The fourth-order valence-electron chi connectivity index (χ4n) is 0.354. The molecule has 0 fully saturated rings. The summed E-state index contributed by atoms with van der Waals surface area (Å²) >= 11 is 0. The zero-order valence-corrected chi connectivity index (χ0v) is 7.19. The van der Waals surface area contributed by atoms with Gasteiger partial charge in [0, 0.05) is 12.3 Å². The first-order chi connectivity index (χ1) is 5.39. The highest BCUT2D eigenvalue weighted by Gasteiger charge is 1.81. The summed E-state index contributed by atoms with van der Waals surface area (Å²) in [5.74, 6) is 0.0718. The van der Waals surface area contributed by atoms with Gasteiger partial charge < -0.3 is 5.11 Å². The van der Waals surface area contributed by atoms with E-state index in [1.165, 1.54) is 12.3 Å². The second-order valence-corrected chi connectivity index (χ2v) is 3.39. The van der Waals surface area contributed by atoms with Gasteiger partial charge in [0.2, 0.25) is 5.88 Å². The summed E-state index contributed by atoms with van der Waals surface area (Å²) in [7, 11) is -3.67. The minimum atomic E-state index is -3.67. The van der Waals surface area contributed by atoms with Crippen molar-refractivity contribution in [1.82, 2.24) is 4.98 Å². The molecule has 1 aromatic heterocycles. The predicted octanol–water partition coefficient (Wildman–Crippen LogP) is 0.291. The Bertz CT molecular complexity index is 300. The Morgan fingerprint density at radius 2 is 1.92 bits per heavy atom. The highest BCUT2D eigenvalue weighted by molar-refractivity contribution is 7.85. The van der Waals surface area contributed by atoms with Gasteiger partial charge in [0.1, 0.15) is 0 Å². The number of aromatic nitrogens is 1. The molecule has 68 valence electrons. The number of hydrogen-bond donors (Lipinski definition) is 2. The van der Waals surface area contributed by atoms with Gasteiger partial charge in [-0.25, -0.2) is 4.98 Å². The third-order valence-electron chi connectivity index (χ3n) is 0.649. The largest absolute Gasteiger partial charge is 0.493 e. The molecule has 0 aromatic carbocycles. The van der Waals surface area contributed by atoms with Crippen molar-refractivity contribution in [3.63, 3.8) is 0 Å². The molecule has 0 radical (unpaired) electrons. The molecule has 1 rings (SSSR count). The maximum absolute atomic E-state index is 9.19. The van der Waals surface area contributed by atoms with Gasteiger partial charge in [-0.05, 0) is 6.07 Å². The lowest BCUT2D eigenvalue weighted by molar-refractivity contribution is 0.453. The molecule has 0 aliphatic rings. The topological polar surface area (TPSA) is 87.5 Å². The molecule has 0 bridgehead atoms. The van der Waals surface area contributed by atoms with E-state index < -0.39 is 10.1 Å². The Morgan fingerprint density at radius 1 is 1.42 bits per heavy atom. The quantitative estimate of drug-likeness (QED) is 0.575. The Balaban J connectivity index is 0.000000217. The first kappa shape index (κ1) is 10.9. The molecule has 0 aliphatic heterocycles. The zero-order valence-electron chi connectivity index (χ0n) is 6.38. The van der Waals surface area contributed by atoms with E-state index in [9.17, 15) is 8.42 Å². The van der Waals surface area contributed by atoms with Crippen LogP contribution in [0, 0.1) is 0 Å². The van der Waals surface area contributed by atoms with E-state index in [2.05, 4.69) is 4.98 Å². The van der Waals surface area contributed by atoms with E-state index in [0.717, 1.165) is 0 Å². The summed E-state index contributed by atoms with van der Waals surface area (Å²) in [6.07, 6.45) is 2.25. The Hall–Kier alpha value is -1.14. The molecule has 0 amide bonds. The lowest BCUT2D eigenvalue weighted by Gasteiger charge is -1.81. The summed E-state index contributed by atoms with van der Waals surface area (Å²) in [6.45, 7) is 0. The maximum Gasteiger partial charge on any atom is 0.261 e. The van der Waals surface area contributed by atoms with Crippen molar-refractivity contribution in [2.24, 2.45) is 0 Å². The van der Waals surface area contributed by atoms with E-state index in [4.69, 9.17) is 9.66 Å². The number of pyridine rings is 1. The highest BCUT2D eigenvalue weighted by Crippen LogP contribution is 1.96. The third kappa shape index (κ3) is 11.6. The van der Waals surface area contributed by atoms with Gasteiger partial charge in [0.05, 0.1) is 6.26 Å². The van der Waals surface area contributed by atoms with Gasteiger partial charge in [-0.3, -0.25) is 4.55 Å². The number of hydrogen-bond acceptors (Lipinski definition) is 4. The molecule has 12 heavy (non-hydrogen) atoms. The Labute approximate surface area is 70.4 Å². The van der Waals surface area contributed by atoms with E-state index >= 15 is 0 Å². The zero-order chi connectivity index (χ0) is 9.61. The van der Waals surface area contributed by atoms with E-state index in [-0.39, 0.29) is 5.88 Å². The smallest absolute Gasteiger partial charge is 0.261 e. The lowest BCUT2D eigenvalue weighted by Crippen LogP contribution is -1.88. The van der Waals surface area contributed by atoms with Gasteiger partial charge in [-0.2, -0.15) is 8.42 Å². The normalized spacial score (nSPS) is 9.83. The summed E-state index contributed by atoms with van der Waals surface area (Å²) in [5.41, 5.74) is 0. The molecule has 0 aliphatic carbocycles. The van der Waals surface area contributed by atoms with Crippen LogP contribution in [-0.2, 0) is 10.1 Å². The molecule has 0 unspecified atom stereocenters. The van der Waals surface area contributed by atoms with Crippen LogP contribution in [0.3, 0.4) is 0 Å². The van der Waals surface area contributed by atoms with Crippen LogP contribution in [0.15, 0.2) is 24.4 Å². The van der Waals surface area contributed by atoms with Crippen LogP contribution < -0.4 is 0 Å². The predicted molar refractivity (Wildman–Crippen MR) is 43.4 cm³/mol. The van der Waals surface area contributed by atoms with Crippen LogP contribution in [0.2, 0.25) is 0 Å².